The lowest BCUT2D eigenvalue weighted by atomic mass is 10.0. The van der Waals surface area contributed by atoms with Gasteiger partial charge < -0.3 is 4.57 Å². The van der Waals surface area contributed by atoms with E-state index in [1.54, 1.807) is 0 Å². The molecule has 0 N–H and O–H groups in total. The summed E-state index contributed by atoms with van der Waals surface area (Å²) in [5, 5.41) is 9.72. The van der Waals surface area contributed by atoms with Crippen molar-refractivity contribution in [1.29, 1.82) is 0 Å². The lowest BCUT2D eigenvalue weighted by molar-refractivity contribution is 1.18. The molecule has 7 aromatic carbocycles. The molecule has 11 rings (SSSR count). The van der Waals surface area contributed by atoms with Gasteiger partial charge in [-0.05, 0) is 64.0 Å². The van der Waals surface area contributed by atoms with Crippen LogP contribution in [0.15, 0.2) is 158 Å². The molecule has 0 saturated carbocycles. The third kappa shape index (κ3) is 3.23. The highest BCUT2D eigenvalue weighted by molar-refractivity contribution is 6.22. The summed E-state index contributed by atoms with van der Waals surface area (Å²) >= 11 is 0. The fourth-order valence-electron chi connectivity index (χ4n) is 8.08. The minimum absolute atomic E-state index is 0.908. The molecule has 0 aliphatic rings. The van der Waals surface area contributed by atoms with Crippen molar-refractivity contribution >= 4 is 87.5 Å². The Morgan fingerprint density at radius 3 is 1.40 bits per heavy atom. The second kappa shape index (κ2) is 9.09. The molecule has 0 spiro atoms. The number of nitrogens with zero attached hydrogens (tertiary/aromatic N) is 4. The minimum atomic E-state index is 0.908. The van der Waals surface area contributed by atoms with Gasteiger partial charge in [-0.1, -0.05) is 115 Å². The van der Waals surface area contributed by atoms with Crippen molar-refractivity contribution < 1.29 is 0 Å². The zero-order chi connectivity index (χ0) is 30.6. The molecule has 0 saturated heterocycles. The van der Waals surface area contributed by atoms with E-state index in [-0.39, 0.29) is 0 Å². The van der Waals surface area contributed by atoms with Gasteiger partial charge in [0.05, 0.1) is 38.6 Å². The van der Waals surface area contributed by atoms with Crippen LogP contribution in [0.1, 0.15) is 0 Å². The third-order valence-electron chi connectivity index (χ3n) is 9.99. The van der Waals surface area contributed by atoms with Crippen molar-refractivity contribution in [3.63, 3.8) is 0 Å². The van der Waals surface area contributed by atoms with E-state index in [2.05, 4.69) is 171 Å². The first-order valence-corrected chi connectivity index (χ1v) is 16.1. The standard InChI is InChI=1S/C43H26N4/c1-3-15-30-28(13-1)29-14-2-4-16-31(29)35-25-27(45-37-21-9-6-18-33(37)34-19-7-10-22-38(34)45)26-41-42(35)47(39-23-11-5-17-32(30)39)43-44-36-20-8-12-24-40(36)46(41)43/h1-26H. The van der Waals surface area contributed by atoms with Gasteiger partial charge >= 0.3 is 0 Å². The van der Waals surface area contributed by atoms with Crippen LogP contribution in [0.2, 0.25) is 0 Å². The molecule has 0 bridgehead atoms. The predicted molar refractivity (Wildman–Crippen MR) is 197 cm³/mol. The Morgan fingerprint density at radius 1 is 0.340 bits per heavy atom. The fourth-order valence-corrected chi connectivity index (χ4v) is 8.08. The molecule has 0 aliphatic heterocycles. The molecule has 0 amide bonds. The van der Waals surface area contributed by atoms with Gasteiger partial charge in [0.25, 0.3) is 0 Å². The van der Waals surface area contributed by atoms with Gasteiger partial charge in [0.15, 0.2) is 0 Å². The molecule has 11 aromatic rings. The Kier molecular flexibility index (Phi) is 4.81. The molecule has 47 heavy (non-hydrogen) atoms. The van der Waals surface area contributed by atoms with E-state index in [1.165, 1.54) is 54.1 Å². The van der Waals surface area contributed by atoms with Gasteiger partial charge in [-0.3, -0.25) is 8.80 Å². The first-order valence-electron chi connectivity index (χ1n) is 16.1. The molecule has 0 aliphatic carbocycles. The maximum Gasteiger partial charge on any atom is 0.220 e. The summed E-state index contributed by atoms with van der Waals surface area (Å²) in [4.78, 5) is 5.32. The minimum Gasteiger partial charge on any atom is -0.309 e. The molecular formula is C43H26N4. The van der Waals surface area contributed by atoms with Crippen molar-refractivity contribution in [1.82, 2.24) is 18.4 Å². The average molecular weight is 599 g/mol. The number of rotatable bonds is 1. The number of benzene rings is 7. The SMILES string of the molecule is c1ccc2c(c1)nc1n2c2cc(-n3c4ccccc4c4ccccc43)cc3c4ccccc4c4ccccc4c4ccccc4n1c32. The smallest absolute Gasteiger partial charge is 0.220 e. The first kappa shape index (κ1) is 24.9. The van der Waals surface area contributed by atoms with Gasteiger partial charge in [-0.25, -0.2) is 4.98 Å². The summed E-state index contributed by atoms with van der Waals surface area (Å²) in [5.41, 5.74) is 8.98. The van der Waals surface area contributed by atoms with Crippen LogP contribution in [0.25, 0.3) is 93.2 Å². The number of imidazole rings is 2. The van der Waals surface area contributed by atoms with Crippen molar-refractivity contribution in [2.24, 2.45) is 0 Å². The first-order chi connectivity index (χ1) is 23.3. The Balaban J connectivity index is 1.51. The average Bonchev–Trinajstić information content (AvgIpc) is 3.79. The van der Waals surface area contributed by atoms with E-state index in [0.717, 1.165) is 39.0 Å². The van der Waals surface area contributed by atoms with E-state index in [1.807, 2.05) is 0 Å². The largest absolute Gasteiger partial charge is 0.309 e. The van der Waals surface area contributed by atoms with Crippen LogP contribution in [-0.4, -0.2) is 18.4 Å². The number of fused-ring (bicyclic) bond motifs is 15. The summed E-state index contributed by atoms with van der Waals surface area (Å²) in [5.74, 6) is 0.908. The lowest BCUT2D eigenvalue weighted by Gasteiger charge is -2.11. The molecule has 218 valence electrons. The maximum absolute atomic E-state index is 5.32. The summed E-state index contributed by atoms with van der Waals surface area (Å²) in [7, 11) is 0. The van der Waals surface area contributed by atoms with Crippen molar-refractivity contribution in [3.05, 3.63) is 158 Å². The molecule has 0 radical (unpaired) electrons. The van der Waals surface area contributed by atoms with Crippen LogP contribution in [-0.2, 0) is 0 Å². The molecular weight excluding hydrogens is 573 g/mol. The second-order valence-corrected chi connectivity index (χ2v) is 12.4. The normalized spacial score (nSPS) is 12.3. The van der Waals surface area contributed by atoms with Crippen LogP contribution < -0.4 is 0 Å². The van der Waals surface area contributed by atoms with E-state index in [4.69, 9.17) is 4.98 Å². The molecule has 4 aromatic heterocycles. The van der Waals surface area contributed by atoms with E-state index in [9.17, 15) is 0 Å². The zero-order valence-electron chi connectivity index (χ0n) is 25.3. The van der Waals surface area contributed by atoms with Crippen molar-refractivity contribution in [2.75, 3.05) is 0 Å². The summed E-state index contributed by atoms with van der Waals surface area (Å²) in [6.45, 7) is 0. The van der Waals surface area contributed by atoms with Crippen molar-refractivity contribution in [3.8, 4) is 5.69 Å². The Bertz CT molecular complexity index is 3080. The van der Waals surface area contributed by atoms with Crippen LogP contribution in [0.4, 0.5) is 0 Å². The third-order valence-corrected chi connectivity index (χ3v) is 9.99. The number of hydrogen-bond donors (Lipinski definition) is 0. The van der Waals surface area contributed by atoms with Crippen LogP contribution in [0.5, 0.6) is 0 Å². The Morgan fingerprint density at radius 2 is 0.787 bits per heavy atom. The van der Waals surface area contributed by atoms with Crippen LogP contribution >= 0.6 is 0 Å². The molecule has 0 unspecified atom stereocenters. The van der Waals surface area contributed by atoms with Gasteiger partial charge in [-0.2, -0.15) is 0 Å². The van der Waals surface area contributed by atoms with Crippen LogP contribution in [0.3, 0.4) is 0 Å². The Hall–Kier alpha value is -6.39. The number of aromatic nitrogens is 4. The molecule has 4 heteroatoms. The van der Waals surface area contributed by atoms with Crippen LogP contribution in [0, 0.1) is 0 Å². The summed E-state index contributed by atoms with van der Waals surface area (Å²) in [6, 6.07) is 57.2. The highest BCUT2D eigenvalue weighted by Gasteiger charge is 2.21. The fraction of sp³-hybridized carbons (Fsp3) is 0. The van der Waals surface area contributed by atoms with E-state index < -0.39 is 0 Å². The molecule has 4 heterocycles. The predicted octanol–water partition coefficient (Wildman–Crippen LogP) is 11.0. The summed E-state index contributed by atoms with van der Waals surface area (Å²) < 4.78 is 7.19. The van der Waals surface area contributed by atoms with Gasteiger partial charge in [0.2, 0.25) is 5.78 Å². The van der Waals surface area contributed by atoms with Gasteiger partial charge in [0, 0.05) is 27.2 Å². The van der Waals surface area contributed by atoms with E-state index in [0.29, 0.717) is 0 Å². The van der Waals surface area contributed by atoms with Gasteiger partial charge in [-0.15, -0.1) is 0 Å². The Labute approximate surface area is 268 Å². The zero-order valence-corrected chi connectivity index (χ0v) is 25.3. The van der Waals surface area contributed by atoms with Gasteiger partial charge in [0.1, 0.15) is 0 Å². The summed E-state index contributed by atoms with van der Waals surface area (Å²) in [6.07, 6.45) is 0. The van der Waals surface area contributed by atoms with Crippen molar-refractivity contribution in [2.45, 2.75) is 0 Å². The quantitative estimate of drug-likeness (QED) is 0.185. The maximum atomic E-state index is 5.32. The number of hydrogen-bond acceptors (Lipinski definition) is 1. The van der Waals surface area contributed by atoms with E-state index >= 15 is 0 Å². The molecule has 4 nitrogen and oxygen atoms in total. The monoisotopic (exact) mass is 598 g/mol. The molecule has 0 atom stereocenters. The number of para-hydroxylation sites is 5. The highest BCUT2D eigenvalue weighted by Crippen LogP contribution is 2.40. The molecule has 0 fully saturated rings. The topological polar surface area (TPSA) is 26.6 Å². The lowest BCUT2D eigenvalue weighted by Crippen LogP contribution is -1.95. The highest BCUT2D eigenvalue weighted by atomic mass is 15.2. The second-order valence-electron chi connectivity index (χ2n) is 12.4.